The fourth-order valence-electron chi connectivity index (χ4n) is 2.78. The maximum atomic E-state index is 12.4. The molecule has 0 fully saturated rings. The van der Waals surface area contributed by atoms with Gasteiger partial charge in [0.2, 0.25) is 0 Å². The van der Waals surface area contributed by atoms with Crippen LogP contribution in [-0.4, -0.2) is 17.8 Å². The predicted octanol–water partition coefficient (Wildman–Crippen LogP) is 4.66. The number of carbonyl (C=O) groups excluding carboxylic acids is 1. The minimum absolute atomic E-state index is 0.0877. The molecule has 0 aromatic heterocycles. The average Bonchev–Trinajstić information content (AvgIpc) is 2.70. The first kappa shape index (κ1) is 19.9. The van der Waals surface area contributed by atoms with E-state index in [1.807, 2.05) is 30.3 Å². The van der Waals surface area contributed by atoms with Crippen molar-refractivity contribution >= 4 is 17.5 Å². The molecule has 0 bridgehead atoms. The van der Waals surface area contributed by atoms with E-state index in [0.29, 0.717) is 17.7 Å². The van der Waals surface area contributed by atoms with E-state index in [1.165, 1.54) is 19.2 Å². The molecule has 1 atom stereocenters. The van der Waals surface area contributed by atoms with Crippen molar-refractivity contribution < 1.29 is 14.5 Å². The van der Waals surface area contributed by atoms with Crippen molar-refractivity contribution in [1.82, 2.24) is 0 Å². The smallest absolute Gasteiger partial charge is 0.277 e. The molecule has 0 N–H and O–H groups in total. The summed E-state index contributed by atoms with van der Waals surface area (Å²) in [6.07, 6.45) is 2.14. The predicted molar refractivity (Wildman–Crippen MR) is 102 cm³/mol. The molecule has 138 valence electrons. The van der Waals surface area contributed by atoms with E-state index >= 15 is 0 Å². The van der Waals surface area contributed by atoms with E-state index in [2.05, 4.69) is 6.07 Å². The van der Waals surface area contributed by atoms with Crippen LogP contribution in [0, 0.1) is 21.4 Å². The summed E-state index contributed by atoms with van der Waals surface area (Å²) in [5.41, 5.74) is 1.39. The highest BCUT2D eigenvalue weighted by molar-refractivity contribution is 5.99. The van der Waals surface area contributed by atoms with Crippen LogP contribution in [0.4, 0.5) is 5.69 Å². The molecule has 6 heteroatoms. The van der Waals surface area contributed by atoms with Crippen molar-refractivity contribution in [2.75, 3.05) is 7.11 Å². The molecule has 0 aliphatic rings. The van der Waals surface area contributed by atoms with Gasteiger partial charge in [0.15, 0.2) is 5.78 Å². The number of benzene rings is 2. The molecule has 2 aromatic rings. The Kier molecular flexibility index (Phi) is 6.84. The van der Waals surface area contributed by atoms with Gasteiger partial charge < -0.3 is 4.74 Å². The van der Waals surface area contributed by atoms with Gasteiger partial charge in [-0.25, -0.2) is 0 Å². The molecular weight excluding hydrogens is 344 g/mol. The molecule has 2 rings (SSSR count). The van der Waals surface area contributed by atoms with E-state index in [1.54, 1.807) is 19.1 Å². The lowest BCUT2D eigenvalue weighted by molar-refractivity contribution is -0.385. The van der Waals surface area contributed by atoms with Crippen LogP contribution < -0.4 is 4.74 Å². The van der Waals surface area contributed by atoms with Crippen LogP contribution in [0.25, 0.3) is 6.08 Å². The lowest BCUT2D eigenvalue weighted by atomic mass is 9.89. The van der Waals surface area contributed by atoms with E-state index in [9.17, 15) is 20.2 Å². The molecule has 0 radical (unpaired) electrons. The third-order valence-electron chi connectivity index (χ3n) is 4.21. The van der Waals surface area contributed by atoms with E-state index < -0.39 is 10.8 Å². The second-order valence-electron chi connectivity index (χ2n) is 5.92. The summed E-state index contributed by atoms with van der Waals surface area (Å²) in [5, 5.41) is 21.1. The summed E-state index contributed by atoms with van der Waals surface area (Å²) in [5.74, 6) is -0.566. The van der Waals surface area contributed by atoms with Crippen LogP contribution in [0.15, 0.2) is 54.1 Å². The van der Waals surface area contributed by atoms with Crippen LogP contribution in [0.2, 0.25) is 0 Å². The van der Waals surface area contributed by atoms with Crippen LogP contribution >= 0.6 is 0 Å². The molecule has 27 heavy (non-hydrogen) atoms. The van der Waals surface area contributed by atoms with Gasteiger partial charge in [0.05, 0.1) is 30.1 Å². The van der Waals surface area contributed by atoms with Crippen molar-refractivity contribution in [2.24, 2.45) is 0 Å². The lowest BCUT2D eigenvalue weighted by Crippen LogP contribution is -2.08. The highest BCUT2D eigenvalue weighted by Gasteiger charge is 2.25. The molecule has 0 aliphatic heterocycles. The number of nitro groups is 1. The van der Waals surface area contributed by atoms with Gasteiger partial charge in [-0.05, 0) is 35.8 Å². The lowest BCUT2D eigenvalue weighted by Gasteiger charge is -2.13. The molecule has 0 aliphatic carbocycles. The quantitative estimate of drug-likeness (QED) is 0.386. The Bertz CT molecular complexity index is 898. The molecule has 6 nitrogen and oxygen atoms in total. The number of nitrogens with zero attached hydrogens (tertiary/aromatic N) is 2. The first-order valence-electron chi connectivity index (χ1n) is 8.50. The number of hydrogen-bond donors (Lipinski definition) is 0. The Labute approximate surface area is 157 Å². The summed E-state index contributed by atoms with van der Waals surface area (Å²) < 4.78 is 5.04. The second-order valence-corrected chi connectivity index (χ2v) is 5.92. The topological polar surface area (TPSA) is 93.2 Å². The Balaban J connectivity index is 2.44. The van der Waals surface area contributed by atoms with Crippen LogP contribution in [-0.2, 0) is 4.79 Å². The Morgan fingerprint density at radius 3 is 2.56 bits per heavy atom. The average molecular weight is 364 g/mol. The maximum absolute atomic E-state index is 12.4. The first-order valence-corrected chi connectivity index (χ1v) is 8.50. The minimum atomic E-state index is -0.818. The number of ketones is 1. The number of nitriles is 1. The third kappa shape index (κ3) is 5.02. The van der Waals surface area contributed by atoms with Crippen molar-refractivity contribution in [3.8, 4) is 11.8 Å². The van der Waals surface area contributed by atoms with Gasteiger partial charge in [0.25, 0.3) is 5.69 Å². The standard InChI is InChI=1S/C21H20N2O4/c1-3-21(24)16(11-15-7-5-4-6-8-15)12-17(14-22)19-10-9-18(27-2)13-20(19)23(25)26/h4-11,13,17H,3,12H2,1-2H3/b16-11+. The van der Waals surface area contributed by atoms with Gasteiger partial charge in [-0.1, -0.05) is 37.3 Å². The zero-order valence-corrected chi connectivity index (χ0v) is 15.2. The highest BCUT2D eigenvalue weighted by Crippen LogP contribution is 2.34. The maximum Gasteiger partial charge on any atom is 0.277 e. The fraction of sp³-hybridized carbons (Fsp3) is 0.238. The van der Waals surface area contributed by atoms with Crippen molar-refractivity contribution in [2.45, 2.75) is 25.7 Å². The van der Waals surface area contributed by atoms with Crippen molar-refractivity contribution in [1.29, 1.82) is 5.26 Å². The minimum Gasteiger partial charge on any atom is -0.497 e. The van der Waals surface area contributed by atoms with Gasteiger partial charge in [-0.3, -0.25) is 14.9 Å². The molecule has 2 aromatic carbocycles. The Morgan fingerprint density at radius 2 is 2.00 bits per heavy atom. The molecular formula is C21H20N2O4. The fourth-order valence-corrected chi connectivity index (χ4v) is 2.78. The summed E-state index contributed by atoms with van der Waals surface area (Å²) >= 11 is 0. The van der Waals surface area contributed by atoms with Crippen LogP contribution in [0.1, 0.15) is 36.8 Å². The molecule has 0 heterocycles. The number of methoxy groups -OCH3 is 1. The Morgan fingerprint density at radius 1 is 1.30 bits per heavy atom. The van der Waals surface area contributed by atoms with Gasteiger partial charge in [-0.2, -0.15) is 5.26 Å². The first-order chi connectivity index (χ1) is 13.0. The van der Waals surface area contributed by atoms with Gasteiger partial charge >= 0.3 is 0 Å². The van der Waals surface area contributed by atoms with E-state index in [-0.39, 0.29) is 23.5 Å². The number of allylic oxidation sites excluding steroid dienone is 1. The van der Waals surface area contributed by atoms with Gasteiger partial charge in [-0.15, -0.1) is 0 Å². The van der Waals surface area contributed by atoms with Crippen molar-refractivity contribution in [3.63, 3.8) is 0 Å². The number of nitro benzene ring substituents is 1. The molecule has 0 amide bonds. The molecule has 0 spiro atoms. The molecule has 1 unspecified atom stereocenters. The number of hydrogen-bond acceptors (Lipinski definition) is 5. The molecule has 0 saturated heterocycles. The normalized spacial score (nSPS) is 12.1. The summed E-state index contributed by atoms with van der Waals surface area (Å²) in [4.78, 5) is 23.3. The number of ether oxygens (including phenoxy) is 1. The second kappa shape index (κ2) is 9.30. The SMILES string of the molecule is CCC(=O)/C(=C/c1ccccc1)CC(C#N)c1ccc(OC)cc1[N+](=O)[O-]. The zero-order valence-electron chi connectivity index (χ0n) is 15.2. The van der Waals surface area contributed by atoms with Gasteiger partial charge in [0, 0.05) is 12.0 Å². The Hall–Kier alpha value is -3.46. The number of Topliss-reactive ketones (excluding diaryl/α,β-unsaturated/α-hetero) is 1. The highest BCUT2D eigenvalue weighted by atomic mass is 16.6. The largest absolute Gasteiger partial charge is 0.497 e. The van der Waals surface area contributed by atoms with Crippen molar-refractivity contribution in [3.05, 3.63) is 75.3 Å². The van der Waals surface area contributed by atoms with E-state index in [4.69, 9.17) is 4.74 Å². The summed E-state index contributed by atoms with van der Waals surface area (Å²) in [7, 11) is 1.42. The van der Waals surface area contributed by atoms with E-state index in [0.717, 1.165) is 5.56 Å². The van der Waals surface area contributed by atoms with Crippen LogP contribution in [0.5, 0.6) is 5.75 Å². The molecule has 0 saturated carbocycles. The zero-order chi connectivity index (χ0) is 19.8. The summed E-state index contributed by atoms with van der Waals surface area (Å²) in [6, 6.07) is 15.8. The van der Waals surface area contributed by atoms with Gasteiger partial charge in [0.1, 0.15) is 5.75 Å². The third-order valence-corrected chi connectivity index (χ3v) is 4.21. The number of rotatable bonds is 8. The summed E-state index contributed by atoms with van der Waals surface area (Å²) in [6.45, 7) is 1.75. The monoisotopic (exact) mass is 364 g/mol. The number of carbonyl (C=O) groups is 1. The van der Waals surface area contributed by atoms with Crippen LogP contribution in [0.3, 0.4) is 0 Å².